The van der Waals surface area contributed by atoms with Crippen molar-refractivity contribution >= 4 is 64.8 Å². The molecule has 0 aliphatic carbocycles. The van der Waals surface area contributed by atoms with E-state index in [9.17, 15) is 53.1 Å². The minimum Gasteiger partial charge on any atom is -0.481 e. The number of benzene rings is 2. The number of primary amides is 1. The molecule has 0 aromatic heterocycles. The number of carboxylic acid groups (broad SMARTS) is 1. The summed E-state index contributed by atoms with van der Waals surface area (Å²) in [7, 11) is 6.24. The number of hydrogen-bond donors (Lipinski definition) is 6. The Morgan fingerprint density at radius 2 is 1.24 bits per heavy atom. The molecule has 12 atom stereocenters. The minimum atomic E-state index is -0.970. The average molecular weight is 1440 g/mol. The summed E-state index contributed by atoms with van der Waals surface area (Å²) in [6.07, 6.45) is -0.881. The Morgan fingerprint density at radius 1 is 0.657 bits per heavy atom. The molecule has 1 aliphatic heterocycles. The van der Waals surface area contributed by atoms with Gasteiger partial charge in [0.15, 0.2) is 11.6 Å². The number of nitrogens with two attached hydrogens (primary N) is 1. The Kier molecular flexibility index (Phi) is 42.1. The van der Waals surface area contributed by atoms with Crippen molar-refractivity contribution in [3.63, 3.8) is 0 Å². The number of carbonyl (C=O) groups excluding carboxylic acids is 9. The molecule has 102 heavy (non-hydrogen) atoms. The van der Waals surface area contributed by atoms with E-state index < -0.39 is 90.1 Å². The fourth-order valence-corrected chi connectivity index (χ4v) is 12.9. The molecule has 2 aromatic carbocycles. The van der Waals surface area contributed by atoms with Crippen LogP contribution < -0.4 is 21.7 Å². The van der Waals surface area contributed by atoms with Crippen LogP contribution in [0.2, 0.25) is 0 Å². The number of carboxylic acids is 1. The van der Waals surface area contributed by atoms with E-state index in [0.717, 1.165) is 5.56 Å². The summed E-state index contributed by atoms with van der Waals surface area (Å²) < 4.78 is 44.9. The van der Waals surface area contributed by atoms with Gasteiger partial charge in [0.25, 0.3) is 0 Å². The molecule has 0 spiro atoms. The Morgan fingerprint density at radius 3 is 1.75 bits per heavy atom. The predicted molar refractivity (Wildman–Crippen MR) is 384 cm³/mol. The molecule has 1 aliphatic rings. The van der Waals surface area contributed by atoms with Gasteiger partial charge in [-0.1, -0.05) is 118 Å². The molecule has 2 aromatic rings. The molecule has 27 heteroatoms. The molecule has 3 rings (SSSR count). The van der Waals surface area contributed by atoms with E-state index in [2.05, 4.69) is 16.0 Å². The monoisotopic (exact) mass is 1440 g/mol. The van der Waals surface area contributed by atoms with Crippen LogP contribution in [-0.4, -0.2) is 228 Å². The molecule has 7 amide bonds. The second-order valence-electron chi connectivity index (χ2n) is 27.7. The molecule has 1 heterocycles. The molecule has 0 radical (unpaired) electrons. The molecule has 0 saturated carbocycles. The predicted octanol–water partition coefficient (Wildman–Crippen LogP) is 7.81. The molecule has 0 bridgehead atoms. The van der Waals surface area contributed by atoms with Gasteiger partial charge >= 0.3 is 18.1 Å². The summed E-state index contributed by atoms with van der Waals surface area (Å²) in [6.45, 7) is 21.6. The van der Waals surface area contributed by atoms with E-state index in [1.54, 1.807) is 62.1 Å². The van der Waals surface area contributed by atoms with E-state index in [0.29, 0.717) is 83.1 Å². The third-order valence-electron chi connectivity index (χ3n) is 18.9. The van der Waals surface area contributed by atoms with Crippen LogP contribution in [0.1, 0.15) is 157 Å². The highest BCUT2D eigenvalue weighted by Crippen LogP contribution is 2.34. The summed E-state index contributed by atoms with van der Waals surface area (Å²) in [5.41, 5.74) is 6.95. The van der Waals surface area contributed by atoms with Crippen molar-refractivity contribution < 1.29 is 96.1 Å². The third kappa shape index (κ3) is 31.1. The van der Waals surface area contributed by atoms with E-state index in [1.165, 1.54) is 19.1 Å². The largest absolute Gasteiger partial charge is 0.481 e. The summed E-state index contributed by atoms with van der Waals surface area (Å²) in [5.74, 6) is -6.83. The smallest absolute Gasteiger partial charge is 0.410 e. The molecular weight excluding hydrogens is 1320 g/mol. The van der Waals surface area contributed by atoms with E-state index in [4.69, 9.17) is 48.7 Å². The van der Waals surface area contributed by atoms with Crippen molar-refractivity contribution in [3.8, 4) is 0 Å². The van der Waals surface area contributed by atoms with Crippen LogP contribution in [0.5, 0.6) is 0 Å². The zero-order valence-electron chi connectivity index (χ0n) is 63.0. The van der Waals surface area contributed by atoms with Gasteiger partial charge in [-0.2, -0.15) is 0 Å². The number of carbonyl (C=O) groups is 10. The first kappa shape index (κ1) is 89.2. The highest BCUT2D eigenvalue weighted by Gasteiger charge is 2.44. The average Bonchev–Trinajstić information content (AvgIpc) is 0.859. The number of aliphatic hydroxyl groups excluding tert-OH is 1. The normalized spacial score (nSPS) is 16.4. The number of methoxy groups -OCH3 is 2. The number of nitrogens with zero attached hydrogens (tertiary/aromatic N) is 3. The number of aliphatic carboxylic acids is 1. The molecule has 576 valence electrons. The van der Waals surface area contributed by atoms with Gasteiger partial charge in [-0.15, -0.1) is 0 Å². The first-order valence-corrected chi connectivity index (χ1v) is 36.1. The number of anilines is 1. The lowest BCUT2D eigenvalue weighted by Crippen LogP contribution is -2.54. The highest BCUT2D eigenvalue weighted by atomic mass is 16.6. The second-order valence-corrected chi connectivity index (χ2v) is 27.7. The first-order chi connectivity index (χ1) is 48.5. The maximum absolute atomic E-state index is 14.9. The van der Waals surface area contributed by atoms with Crippen LogP contribution in [0, 0.1) is 47.3 Å². The van der Waals surface area contributed by atoms with Crippen LogP contribution in [0.4, 0.5) is 15.3 Å². The van der Waals surface area contributed by atoms with Gasteiger partial charge in [-0.05, 0) is 78.5 Å². The Labute approximate surface area is 604 Å². The Balaban J connectivity index is 1.60. The number of ether oxygens (including phenoxy) is 8. The lowest BCUT2D eigenvalue weighted by molar-refractivity contribution is -0.149. The second kappa shape index (κ2) is 48.1. The third-order valence-corrected chi connectivity index (χ3v) is 18.9. The van der Waals surface area contributed by atoms with Gasteiger partial charge < -0.3 is 84.5 Å². The molecule has 1 fully saturated rings. The number of likely N-dealkylation sites (tertiary alicyclic amines) is 1. The maximum Gasteiger partial charge on any atom is 0.410 e. The van der Waals surface area contributed by atoms with E-state index in [-0.39, 0.29) is 143 Å². The van der Waals surface area contributed by atoms with Crippen molar-refractivity contribution in [1.82, 2.24) is 25.3 Å². The zero-order chi connectivity index (χ0) is 76.0. The van der Waals surface area contributed by atoms with Crippen LogP contribution >= 0.6 is 0 Å². The van der Waals surface area contributed by atoms with Crippen LogP contribution in [0.15, 0.2) is 54.6 Å². The van der Waals surface area contributed by atoms with E-state index in [1.807, 2.05) is 85.7 Å². The Hall–Kier alpha value is -6.98. The summed E-state index contributed by atoms with van der Waals surface area (Å²) in [6, 6.07) is 12.2. The van der Waals surface area contributed by atoms with Crippen molar-refractivity contribution in [2.75, 3.05) is 113 Å². The SMILES string of the molecule is CC[C@H](C)[C@@H]([C@@H](CC(=O)N1CCC[C@H]1[C@H](OC)[C@@H](C)C(=O)C[C@H](C)[C@@H](O)c1ccccc1)OC)N(C)C(=O)[C@@H](CC(=O)[C@H](C(C)C)N(C)C(=O)OCc1ccc(NC(=O)[C@H](CCCNC(N)=O)CC(=O)[C@@H](NC(=O)CCOCCOCCOCCOCCOCCC(=O)O)C(C)C)cc1)C(C)C. The fourth-order valence-electron chi connectivity index (χ4n) is 12.9. The molecule has 1 saturated heterocycles. The zero-order valence-corrected chi connectivity index (χ0v) is 63.0. The highest BCUT2D eigenvalue weighted by molar-refractivity contribution is 5.97. The standard InChI is InChI=1S/C75H121N7O20/c1-15-51(8)69(63(95-13)46-65(87)82-32-20-24-59(82)71(96-14)53(10)60(83)43-52(9)70(90)55-21-17-16-18-22-55)80(11)73(92)58(48(2)3)45-62(85)68(50(6)7)81(12)75(94)102-47-54-25-27-57(28-26-54)78-72(91)56(23-19-31-77-74(76)93)44-61(84)67(49(4)5)79-64(86)29-33-97-35-37-99-39-41-101-42-40-100-38-36-98-34-30-66(88)89/h16-18,21-22,25-28,48-53,56,58-59,63,67-71,90H,15,19-20,23-24,29-47H2,1-14H3,(H,78,91)(H,79,86)(H,88,89)(H3,76,77,93)/t51-,52-,53-,56+,58-,59-,63+,67-,68-,69-,70+,71+/m0/s1. The van der Waals surface area contributed by atoms with Gasteiger partial charge in [-0.25, -0.2) is 9.59 Å². The summed E-state index contributed by atoms with van der Waals surface area (Å²) in [5, 5.41) is 27.8. The van der Waals surface area contributed by atoms with Crippen LogP contribution in [0.25, 0.3) is 0 Å². The topological polar surface area (TPSA) is 357 Å². The van der Waals surface area contributed by atoms with Crippen molar-refractivity contribution in [2.24, 2.45) is 53.1 Å². The van der Waals surface area contributed by atoms with Gasteiger partial charge in [0.2, 0.25) is 23.6 Å². The maximum atomic E-state index is 14.9. The van der Waals surface area contributed by atoms with E-state index >= 15 is 0 Å². The number of hydrogen-bond acceptors (Lipinski definition) is 19. The number of Topliss-reactive ketones (excluding diaryl/α,β-unsaturated/α-hetero) is 3. The number of ketones is 3. The van der Waals surface area contributed by atoms with Crippen molar-refractivity contribution in [2.45, 2.75) is 189 Å². The molecule has 7 N–H and O–H groups in total. The van der Waals surface area contributed by atoms with Crippen LogP contribution in [-0.2, 0) is 82.9 Å². The number of nitrogens with one attached hydrogen (secondary N) is 3. The van der Waals surface area contributed by atoms with Gasteiger partial charge in [0.1, 0.15) is 12.4 Å². The number of likely N-dealkylation sites (N-methyl/N-ethyl adjacent to an activating group) is 2. The quantitative estimate of drug-likeness (QED) is 0.0344. The first-order valence-electron chi connectivity index (χ1n) is 36.1. The van der Waals surface area contributed by atoms with Gasteiger partial charge in [0, 0.05) is 90.5 Å². The lowest BCUT2D eigenvalue weighted by atomic mass is 9.83. The summed E-state index contributed by atoms with van der Waals surface area (Å²) >= 11 is 0. The van der Waals surface area contributed by atoms with Crippen LogP contribution in [0.3, 0.4) is 0 Å². The summed E-state index contributed by atoms with van der Waals surface area (Å²) in [4.78, 5) is 139. The number of amides is 7. The molecular formula is C75H121N7O20. The van der Waals surface area contributed by atoms with Gasteiger partial charge in [-0.3, -0.25) is 38.4 Å². The van der Waals surface area contributed by atoms with Crippen molar-refractivity contribution in [3.05, 3.63) is 65.7 Å². The fraction of sp³-hybridized carbons (Fsp3) is 0.707. The number of aliphatic hydroxyl groups is 1. The van der Waals surface area contributed by atoms with Gasteiger partial charge in [0.05, 0.1) is 121 Å². The van der Waals surface area contributed by atoms with Crippen molar-refractivity contribution in [1.29, 1.82) is 0 Å². The lowest BCUT2D eigenvalue weighted by Gasteiger charge is -2.41. The molecule has 0 unspecified atom stereocenters. The Bertz CT molecular complexity index is 2870. The number of rotatable bonds is 53. The number of urea groups is 1. The molecule has 27 nitrogen and oxygen atoms in total. The minimum absolute atomic E-state index is 0.0282.